The number of benzene rings is 1. The van der Waals surface area contributed by atoms with E-state index in [1.807, 2.05) is 10.6 Å². The van der Waals surface area contributed by atoms with Gasteiger partial charge in [0.25, 0.3) is 0 Å². The number of rotatable bonds is 4. The Hall–Kier alpha value is -2.74. The minimum Gasteiger partial charge on any atom is -0.490 e. The molecule has 0 aliphatic carbocycles. The molecule has 1 saturated heterocycles. The molecule has 0 atom stereocenters. The summed E-state index contributed by atoms with van der Waals surface area (Å²) < 4.78 is 35.2. The van der Waals surface area contributed by atoms with Crippen molar-refractivity contribution in [3.63, 3.8) is 0 Å². The Balaban J connectivity index is 1.32. The number of nitrogens with zero attached hydrogens (tertiary/aromatic N) is 4. The second-order valence-corrected chi connectivity index (χ2v) is 7.80. The fraction of sp³-hybridized carbons (Fsp3) is 0.429. The van der Waals surface area contributed by atoms with Crippen molar-refractivity contribution in [2.24, 2.45) is 5.92 Å². The maximum Gasteiger partial charge on any atom is 0.200 e. The van der Waals surface area contributed by atoms with Gasteiger partial charge >= 0.3 is 0 Å². The van der Waals surface area contributed by atoms with Crippen LogP contribution in [0, 0.1) is 24.5 Å². The molecule has 0 radical (unpaired) electrons. The molecule has 0 saturated carbocycles. The fourth-order valence-electron chi connectivity index (χ4n) is 4.14. The Kier molecular flexibility index (Phi) is 4.58. The first-order chi connectivity index (χ1) is 14.1. The predicted octanol–water partition coefficient (Wildman–Crippen LogP) is 2.52. The number of ether oxygens (including phenoxy) is 1. The molecule has 1 N–H and O–H groups in total. The van der Waals surface area contributed by atoms with Crippen molar-refractivity contribution in [1.29, 1.82) is 0 Å². The molecule has 4 heterocycles. The quantitative estimate of drug-likeness (QED) is 0.731. The van der Waals surface area contributed by atoms with Gasteiger partial charge in [-0.1, -0.05) is 6.07 Å². The lowest BCUT2D eigenvalue weighted by molar-refractivity contribution is 0.210. The number of fused-ring (bicyclic) bond motifs is 2. The van der Waals surface area contributed by atoms with Gasteiger partial charge in [-0.3, -0.25) is 0 Å². The second-order valence-electron chi connectivity index (χ2n) is 7.80. The van der Waals surface area contributed by atoms with Gasteiger partial charge < -0.3 is 15.0 Å². The number of nitrogens with one attached hydrogen (secondary N) is 1. The van der Waals surface area contributed by atoms with Crippen LogP contribution in [0.2, 0.25) is 0 Å². The lowest BCUT2D eigenvalue weighted by Gasteiger charge is -2.41. The van der Waals surface area contributed by atoms with Crippen LogP contribution in [0.4, 0.5) is 14.6 Å². The summed E-state index contributed by atoms with van der Waals surface area (Å²) in [4.78, 5) is 7.07. The number of anilines is 1. The monoisotopic (exact) mass is 399 g/mol. The molecule has 0 unspecified atom stereocenters. The van der Waals surface area contributed by atoms with Gasteiger partial charge in [0.2, 0.25) is 5.82 Å². The average molecular weight is 399 g/mol. The molecule has 5 rings (SSSR count). The maximum absolute atomic E-state index is 14.0. The number of halogens is 2. The molecule has 3 aromatic rings. The van der Waals surface area contributed by atoms with E-state index >= 15 is 0 Å². The van der Waals surface area contributed by atoms with E-state index in [1.165, 1.54) is 24.6 Å². The van der Waals surface area contributed by atoms with Crippen molar-refractivity contribution < 1.29 is 13.5 Å². The van der Waals surface area contributed by atoms with E-state index in [4.69, 9.17) is 9.72 Å². The number of hydrogen-bond acceptors (Lipinski definition) is 5. The second kappa shape index (κ2) is 7.26. The van der Waals surface area contributed by atoms with Crippen molar-refractivity contribution in [3.05, 3.63) is 52.9 Å². The van der Waals surface area contributed by atoms with Crippen LogP contribution in [0.3, 0.4) is 0 Å². The van der Waals surface area contributed by atoms with Crippen molar-refractivity contribution in [1.82, 2.24) is 19.9 Å². The van der Waals surface area contributed by atoms with E-state index in [2.05, 4.69) is 15.3 Å². The summed E-state index contributed by atoms with van der Waals surface area (Å²) in [7, 11) is 0. The van der Waals surface area contributed by atoms with Gasteiger partial charge in [-0.25, -0.2) is 9.37 Å². The zero-order valence-electron chi connectivity index (χ0n) is 16.3. The molecular formula is C21H23F2N5O. The molecule has 1 fully saturated rings. The average Bonchev–Trinajstić information content (AvgIpc) is 3.02. The van der Waals surface area contributed by atoms with Crippen LogP contribution in [0.15, 0.2) is 24.4 Å². The Labute approximate surface area is 167 Å². The highest BCUT2D eigenvalue weighted by molar-refractivity contribution is 5.59. The third-order valence-electron chi connectivity index (χ3n) is 5.75. The van der Waals surface area contributed by atoms with E-state index in [-0.39, 0.29) is 17.2 Å². The van der Waals surface area contributed by atoms with Crippen molar-refractivity contribution in [2.75, 3.05) is 37.7 Å². The Morgan fingerprint density at radius 2 is 1.97 bits per heavy atom. The summed E-state index contributed by atoms with van der Waals surface area (Å²) in [6.45, 7) is 5.32. The fourth-order valence-corrected chi connectivity index (χ4v) is 4.14. The van der Waals surface area contributed by atoms with Crippen LogP contribution >= 0.6 is 0 Å². The molecule has 2 aliphatic heterocycles. The number of aromatic nitrogens is 3. The normalized spacial score (nSPS) is 17.1. The molecule has 2 aromatic heterocycles. The van der Waals surface area contributed by atoms with E-state index in [1.54, 1.807) is 6.20 Å². The summed E-state index contributed by atoms with van der Waals surface area (Å²) in [5, 5.41) is 7.91. The molecule has 6 nitrogen and oxygen atoms in total. The van der Waals surface area contributed by atoms with E-state index < -0.39 is 11.6 Å². The first-order valence-corrected chi connectivity index (χ1v) is 10.0. The summed E-state index contributed by atoms with van der Waals surface area (Å²) in [5.74, 6) is -0.428. The zero-order valence-corrected chi connectivity index (χ0v) is 16.3. The van der Waals surface area contributed by atoms with E-state index in [0.29, 0.717) is 6.61 Å². The Bertz CT molecular complexity index is 1060. The van der Waals surface area contributed by atoms with Gasteiger partial charge in [0.05, 0.1) is 18.5 Å². The predicted molar refractivity (Wildman–Crippen MR) is 106 cm³/mol. The molecule has 8 heteroatoms. The van der Waals surface area contributed by atoms with Crippen LogP contribution in [0.5, 0.6) is 5.75 Å². The standard InChI is InChI=1S/C21H23F2N5O/c1-13-2-3-17(20(23)19(13)22)29-12-14-10-27(11-14)21-15-4-7-24-8-5-16(15)26-18-6-9-25-28(18)21/h2-3,6,9,14,24H,4-5,7-8,10-12H2,1H3. The molecule has 0 amide bonds. The molecule has 29 heavy (non-hydrogen) atoms. The highest BCUT2D eigenvalue weighted by Crippen LogP contribution is 2.32. The van der Waals surface area contributed by atoms with Crippen molar-refractivity contribution in [3.8, 4) is 5.75 Å². The molecule has 1 aromatic carbocycles. The Morgan fingerprint density at radius 3 is 2.83 bits per heavy atom. The summed E-state index contributed by atoms with van der Waals surface area (Å²) in [5.41, 5.74) is 3.52. The highest BCUT2D eigenvalue weighted by Gasteiger charge is 2.32. The first kappa shape index (κ1) is 18.3. The van der Waals surface area contributed by atoms with E-state index in [9.17, 15) is 8.78 Å². The smallest absolute Gasteiger partial charge is 0.200 e. The van der Waals surface area contributed by atoms with Crippen LogP contribution in [-0.4, -0.2) is 47.4 Å². The van der Waals surface area contributed by atoms with Crippen molar-refractivity contribution in [2.45, 2.75) is 19.8 Å². The highest BCUT2D eigenvalue weighted by atomic mass is 19.2. The lowest BCUT2D eigenvalue weighted by Crippen LogP contribution is -2.50. The minimum atomic E-state index is -0.911. The van der Waals surface area contributed by atoms with Gasteiger partial charge in [0, 0.05) is 43.6 Å². The third-order valence-corrected chi connectivity index (χ3v) is 5.75. The zero-order chi connectivity index (χ0) is 20.0. The molecular weight excluding hydrogens is 376 g/mol. The molecule has 0 bridgehead atoms. The van der Waals surface area contributed by atoms with Gasteiger partial charge in [0.1, 0.15) is 5.82 Å². The lowest BCUT2D eigenvalue weighted by atomic mass is 9.99. The van der Waals surface area contributed by atoms with Crippen LogP contribution < -0.4 is 15.0 Å². The third kappa shape index (κ3) is 3.21. The van der Waals surface area contributed by atoms with Gasteiger partial charge in [0.15, 0.2) is 17.2 Å². The van der Waals surface area contributed by atoms with Gasteiger partial charge in [-0.2, -0.15) is 14.0 Å². The Morgan fingerprint density at radius 1 is 1.14 bits per heavy atom. The SMILES string of the molecule is Cc1ccc(OCC2CN(c3c4c(nc5ccnn35)CCNCC4)C2)c(F)c1F. The molecule has 152 valence electrons. The first-order valence-electron chi connectivity index (χ1n) is 10.0. The van der Waals surface area contributed by atoms with Gasteiger partial charge in [-0.15, -0.1) is 0 Å². The summed E-state index contributed by atoms with van der Waals surface area (Å²) in [6.07, 6.45) is 3.60. The van der Waals surface area contributed by atoms with Crippen LogP contribution in [0.25, 0.3) is 5.65 Å². The largest absolute Gasteiger partial charge is 0.490 e. The number of aryl methyl sites for hydroxylation is 1. The van der Waals surface area contributed by atoms with Crippen LogP contribution in [0.1, 0.15) is 16.8 Å². The van der Waals surface area contributed by atoms with Crippen LogP contribution in [-0.2, 0) is 12.8 Å². The topological polar surface area (TPSA) is 54.7 Å². The van der Waals surface area contributed by atoms with Gasteiger partial charge in [-0.05, 0) is 31.5 Å². The van der Waals surface area contributed by atoms with Crippen molar-refractivity contribution >= 4 is 11.5 Å². The summed E-state index contributed by atoms with van der Waals surface area (Å²) >= 11 is 0. The molecule has 2 aliphatic rings. The van der Waals surface area contributed by atoms with E-state index in [0.717, 1.165) is 56.2 Å². The summed E-state index contributed by atoms with van der Waals surface area (Å²) in [6, 6.07) is 4.96. The maximum atomic E-state index is 14.0. The number of hydrogen-bond donors (Lipinski definition) is 1. The minimum absolute atomic E-state index is 0.0233. The molecule has 0 spiro atoms.